The van der Waals surface area contributed by atoms with Crippen LogP contribution >= 0.6 is 0 Å². The Morgan fingerprint density at radius 3 is 2.83 bits per heavy atom. The summed E-state index contributed by atoms with van der Waals surface area (Å²) in [5, 5.41) is 11.0. The molecule has 0 bridgehead atoms. The van der Waals surface area contributed by atoms with Crippen LogP contribution in [0.5, 0.6) is 0 Å². The van der Waals surface area contributed by atoms with E-state index in [1.54, 1.807) is 0 Å². The van der Waals surface area contributed by atoms with Gasteiger partial charge >= 0.3 is 6.03 Å². The van der Waals surface area contributed by atoms with Crippen LogP contribution in [0.25, 0.3) is 0 Å². The number of amides is 2. The molecule has 0 aromatic rings. The molecule has 2 unspecified atom stereocenters. The number of amidine groups is 1. The summed E-state index contributed by atoms with van der Waals surface area (Å²) in [5.74, 6) is 2.09. The van der Waals surface area contributed by atoms with E-state index in [2.05, 4.69) is 12.2 Å². The van der Waals surface area contributed by atoms with Crippen molar-refractivity contribution >= 4 is 11.9 Å². The highest BCUT2D eigenvalue weighted by molar-refractivity contribution is 6.08. The third kappa shape index (κ3) is 1.73. The lowest BCUT2D eigenvalue weighted by Gasteiger charge is -2.43. The van der Waals surface area contributed by atoms with Gasteiger partial charge in [-0.25, -0.2) is 4.79 Å². The topological polar surface area (TPSA) is 56.2 Å². The van der Waals surface area contributed by atoms with Crippen LogP contribution < -0.4 is 5.32 Å². The second kappa shape index (κ2) is 4.25. The highest BCUT2D eigenvalue weighted by Crippen LogP contribution is 2.49. The van der Waals surface area contributed by atoms with E-state index in [0.717, 1.165) is 37.6 Å². The van der Waals surface area contributed by atoms with E-state index >= 15 is 0 Å². The Bertz CT molecular complexity index is 377. The van der Waals surface area contributed by atoms with Crippen molar-refractivity contribution in [3.63, 3.8) is 0 Å². The quantitative estimate of drug-likeness (QED) is 0.794. The molecule has 3 fully saturated rings. The van der Waals surface area contributed by atoms with Gasteiger partial charge in [0.25, 0.3) is 0 Å². The smallest absolute Gasteiger partial charge is 0.312 e. The van der Waals surface area contributed by atoms with Crippen molar-refractivity contribution in [3.05, 3.63) is 0 Å². The lowest BCUT2D eigenvalue weighted by atomic mass is 9.72. The maximum Gasteiger partial charge on any atom is 0.323 e. The zero-order valence-corrected chi connectivity index (χ0v) is 11.2. The van der Waals surface area contributed by atoms with Crippen molar-refractivity contribution in [2.45, 2.75) is 57.4 Å². The van der Waals surface area contributed by atoms with Gasteiger partial charge < -0.3 is 4.90 Å². The molecule has 0 aromatic heterocycles. The predicted octanol–water partition coefficient (Wildman–Crippen LogP) is 2.74. The minimum absolute atomic E-state index is 0.0432. The molecule has 3 aliphatic rings. The molecule has 2 N–H and O–H groups in total. The first-order chi connectivity index (χ1) is 8.67. The number of nitrogens with zero attached hydrogens (tertiary/aromatic N) is 1. The Labute approximate surface area is 109 Å². The fraction of sp³-hybridized carbons (Fsp3) is 0.857. The van der Waals surface area contributed by atoms with Crippen molar-refractivity contribution in [1.82, 2.24) is 10.2 Å². The standard InChI is InChI=1S/C14H23N3O/c1-2-8-17-13(18)16-12(15)14(17)7-3-4-11(9-14)10-5-6-10/h10-11H,2-9H2,1H3,(H2,15,16,18). The molecule has 0 radical (unpaired) electrons. The van der Waals surface area contributed by atoms with Crippen LogP contribution in [0.1, 0.15) is 51.9 Å². The lowest BCUT2D eigenvalue weighted by Crippen LogP contribution is -2.52. The van der Waals surface area contributed by atoms with Gasteiger partial charge in [-0.15, -0.1) is 0 Å². The average molecular weight is 249 g/mol. The second-order valence-electron chi connectivity index (χ2n) is 6.18. The van der Waals surface area contributed by atoms with Crippen LogP contribution in [0.2, 0.25) is 0 Å². The predicted molar refractivity (Wildman–Crippen MR) is 70.7 cm³/mol. The van der Waals surface area contributed by atoms with Gasteiger partial charge in [-0.1, -0.05) is 13.3 Å². The van der Waals surface area contributed by atoms with Gasteiger partial charge in [0.15, 0.2) is 0 Å². The summed E-state index contributed by atoms with van der Waals surface area (Å²) >= 11 is 0. The highest BCUT2D eigenvalue weighted by atomic mass is 16.2. The molecule has 4 nitrogen and oxygen atoms in total. The molecule has 1 heterocycles. The van der Waals surface area contributed by atoms with Gasteiger partial charge in [0.05, 0.1) is 0 Å². The number of nitrogens with one attached hydrogen (secondary N) is 2. The summed E-state index contributed by atoms with van der Waals surface area (Å²) in [6, 6.07) is -0.0432. The van der Waals surface area contributed by atoms with Gasteiger partial charge in [0, 0.05) is 6.54 Å². The SMILES string of the molecule is CCCN1C(=O)NC(=N)C12CCCC(C1CC1)C2. The number of urea groups is 1. The molecule has 4 heteroatoms. The Kier molecular flexibility index (Phi) is 2.83. The molecule has 18 heavy (non-hydrogen) atoms. The van der Waals surface area contributed by atoms with Gasteiger partial charge in [-0.3, -0.25) is 10.7 Å². The molecule has 3 rings (SSSR count). The van der Waals surface area contributed by atoms with Crippen LogP contribution in [0.3, 0.4) is 0 Å². The zero-order chi connectivity index (χ0) is 12.8. The Morgan fingerprint density at radius 2 is 2.17 bits per heavy atom. The monoisotopic (exact) mass is 249 g/mol. The molecule has 2 atom stereocenters. The van der Waals surface area contributed by atoms with Crippen molar-refractivity contribution in [1.29, 1.82) is 5.41 Å². The second-order valence-corrected chi connectivity index (χ2v) is 6.18. The minimum atomic E-state index is -0.279. The van der Waals surface area contributed by atoms with Crippen molar-refractivity contribution in [3.8, 4) is 0 Å². The molecule has 1 aliphatic heterocycles. The third-order valence-corrected chi connectivity index (χ3v) is 4.96. The maximum absolute atomic E-state index is 12.0. The molecule has 2 amide bonds. The molecular weight excluding hydrogens is 226 g/mol. The molecule has 0 aromatic carbocycles. The number of carbonyl (C=O) groups is 1. The molecular formula is C14H23N3O. The fourth-order valence-electron chi connectivity index (χ4n) is 3.90. The normalized spacial score (nSPS) is 36.3. The van der Waals surface area contributed by atoms with E-state index in [1.807, 2.05) is 4.90 Å². The molecule has 2 aliphatic carbocycles. The Balaban J connectivity index is 1.84. The Morgan fingerprint density at radius 1 is 1.39 bits per heavy atom. The van der Waals surface area contributed by atoms with Crippen molar-refractivity contribution < 1.29 is 4.79 Å². The van der Waals surface area contributed by atoms with Crippen LogP contribution in [0.4, 0.5) is 4.79 Å². The first-order valence-corrected chi connectivity index (χ1v) is 7.35. The van der Waals surface area contributed by atoms with Crippen LogP contribution in [0.15, 0.2) is 0 Å². The van der Waals surface area contributed by atoms with Crippen molar-refractivity contribution in [2.24, 2.45) is 11.8 Å². The third-order valence-electron chi connectivity index (χ3n) is 4.96. The van der Waals surface area contributed by atoms with Crippen LogP contribution in [0, 0.1) is 17.2 Å². The van der Waals surface area contributed by atoms with E-state index < -0.39 is 0 Å². The van der Waals surface area contributed by atoms with Crippen LogP contribution in [-0.4, -0.2) is 28.9 Å². The van der Waals surface area contributed by atoms with E-state index in [0.29, 0.717) is 5.84 Å². The largest absolute Gasteiger partial charge is 0.323 e. The zero-order valence-electron chi connectivity index (χ0n) is 11.2. The molecule has 1 spiro atoms. The fourth-order valence-corrected chi connectivity index (χ4v) is 3.90. The lowest BCUT2D eigenvalue weighted by molar-refractivity contribution is 0.116. The minimum Gasteiger partial charge on any atom is -0.312 e. The highest BCUT2D eigenvalue weighted by Gasteiger charge is 2.53. The van der Waals surface area contributed by atoms with Gasteiger partial charge in [-0.05, 0) is 50.4 Å². The maximum atomic E-state index is 12.0. The first-order valence-electron chi connectivity index (χ1n) is 7.35. The summed E-state index contributed by atoms with van der Waals surface area (Å²) in [7, 11) is 0. The van der Waals surface area contributed by atoms with Gasteiger partial charge in [-0.2, -0.15) is 0 Å². The summed E-state index contributed by atoms with van der Waals surface area (Å²) in [5.41, 5.74) is -0.279. The van der Waals surface area contributed by atoms with Gasteiger partial charge in [0.1, 0.15) is 11.4 Å². The van der Waals surface area contributed by atoms with Crippen molar-refractivity contribution in [2.75, 3.05) is 6.54 Å². The van der Waals surface area contributed by atoms with E-state index in [-0.39, 0.29) is 11.6 Å². The van der Waals surface area contributed by atoms with E-state index in [1.165, 1.54) is 25.7 Å². The van der Waals surface area contributed by atoms with Crippen LogP contribution in [-0.2, 0) is 0 Å². The summed E-state index contributed by atoms with van der Waals surface area (Å²) in [6.07, 6.45) is 8.17. The molecule has 1 saturated heterocycles. The summed E-state index contributed by atoms with van der Waals surface area (Å²) in [6.45, 7) is 2.88. The molecule has 100 valence electrons. The number of hydrogen-bond acceptors (Lipinski definition) is 2. The first kappa shape index (κ1) is 12.0. The van der Waals surface area contributed by atoms with E-state index in [9.17, 15) is 4.79 Å². The number of hydrogen-bond donors (Lipinski definition) is 2. The van der Waals surface area contributed by atoms with Gasteiger partial charge in [0.2, 0.25) is 0 Å². The summed E-state index contributed by atoms with van der Waals surface area (Å²) in [4.78, 5) is 14.0. The summed E-state index contributed by atoms with van der Waals surface area (Å²) < 4.78 is 0. The van der Waals surface area contributed by atoms with E-state index in [4.69, 9.17) is 5.41 Å². The Hall–Kier alpha value is -1.06. The molecule has 2 saturated carbocycles. The number of rotatable bonds is 3. The average Bonchev–Trinajstić information content (AvgIpc) is 3.16. The number of carbonyl (C=O) groups excluding carboxylic acids is 1.